The van der Waals surface area contributed by atoms with Crippen molar-refractivity contribution in [3.05, 3.63) is 0 Å². The topological polar surface area (TPSA) is 32.8 Å². The number of carbonyl (C=O) groups is 1. The van der Waals surface area contributed by atoms with E-state index in [9.17, 15) is 4.79 Å². The highest BCUT2D eigenvalue weighted by molar-refractivity contribution is 5.72. The molecule has 0 N–H and O–H groups in total. The van der Waals surface area contributed by atoms with Gasteiger partial charge < -0.3 is 9.64 Å². The second-order valence-corrected chi connectivity index (χ2v) is 5.26. The molecule has 0 spiro atoms. The van der Waals surface area contributed by atoms with Crippen molar-refractivity contribution in [3.63, 3.8) is 0 Å². The second kappa shape index (κ2) is 6.36. The van der Waals surface area contributed by atoms with E-state index in [0.29, 0.717) is 6.04 Å². The third-order valence-corrected chi connectivity index (χ3v) is 3.92. The Balaban J connectivity index is 2.66. The molecule has 0 bridgehead atoms. The van der Waals surface area contributed by atoms with Gasteiger partial charge in [0, 0.05) is 18.6 Å². The first-order chi connectivity index (χ1) is 7.97. The Morgan fingerprint density at radius 1 is 1.35 bits per heavy atom. The maximum Gasteiger partial charge on any atom is 0.309 e. The fourth-order valence-corrected chi connectivity index (χ4v) is 2.67. The van der Waals surface area contributed by atoms with Crippen LogP contribution in [0.25, 0.3) is 0 Å². The van der Waals surface area contributed by atoms with E-state index in [0.717, 1.165) is 19.6 Å². The van der Waals surface area contributed by atoms with E-state index < -0.39 is 0 Å². The molecule has 1 fully saturated rings. The summed E-state index contributed by atoms with van der Waals surface area (Å²) in [7, 11) is 3.62. The molecule has 0 aliphatic carbocycles. The van der Waals surface area contributed by atoms with Crippen LogP contribution in [0.15, 0.2) is 0 Å². The molecular weight excluding hydrogens is 216 g/mol. The smallest absolute Gasteiger partial charge is 0.309 e. The molecule has 0 aromatic heterocycles. The first kappa shape index (κ1) is 14.5. The minimum absolute atomic E-state index is 0.0640. The van der Waals surface area contributed by atoms with Crippen LogP contribution in [0.2, 0.25) is 0 Å². The normalized spacial score (nSPS) is 27.2. The van der Waals surface area contributed by atoms with Crippen molar-refractivity contribution < 1.29 is 9.53 Å². The van der Waals surface area contributed by atoms with Crippen LogP contribution in [0, 0.1) is 5.92 Å². The molecule has 1 aliphatic heterocycles. The van der Waals surface area contributed by atoms with Crippen molar-refractivity contribution >= 4 is 5.97 Å². The monoisotopic (exact) mass is 242 g/mol. The Hall–Kier alpha value is -0.610. The molecule has 1 saturated heterocycles. The number of rotatable bonds is 3. The Bertz CT molecular complexity index is 258. The lowest BCUT2D eigenvalue weighted by atomic mass is 10.0. The fourth-order valence-electron chi connectivity index (χ4n) is 2.67. The van der Waals surface area contributed by atoms with Gasteiger partial charge in [-0.05, 0) is 40.4 Å². The zero-order valence-corrected chi connectivity index (χ0v) is 11.8. The van der Waals surface area contributed by atoms with E-state index in [4.69, 9.17) is 4.74 Å². The number of ether oxygens (including phenoxy) is 1. The molecule has 1 aliphatic rings. The largest absolute Gasteiger partial charge is 0.469 e. The summed E-state index contributed by atoms with van der Waals surface area (Å²) in [6.45, 7) is 9.59. The summed E-state index contributed by atoms with van der Waals surface area (Å²) < 4.78 is 4.84. The van der Waals surface area contributed by atoms with Gasteiger partial charge in [-0.2, -0.15) is 0 Å². The van der Waals surface area contributed by atoms with E-state index in [1.165, 1.54) is 13.5 Å². The van der Waals surface area contributed by atoms with E-state index >= 15 is 0 Å². The summed E-state index contributed by atoms with van der Waals surface area (Å²) in [6, 6.07) is 0.730. The maximum absolute atomic E-state index is 11.6. The first-order valence-corrected chi connectivity index (χ1v) is 6.49. The molecule has 1 rings (SSSR count). The number of hydrogen-bond acceptors (Lipinski definition) is 4. The van der Waals surface area contributed by atoms with Gasteiger partial charge in [0.15, 0.2) is 0 Å². The number of hydrogen-bond donors (Lipinski definition) is 0. The van der Waals surface area contributed by atoms with Crippen molar-refractivity contribution in [1.29, 1.82) is 0 Å². The van der Waals surface area contributed by atoms with Gasteiger partial charge in [-0.15, -0.1) is 0 Å². The summed E-state index contributed by atoms with van der Waals surface area (Å²) in [6.07, 6.45) is 1.17. The second-order valence-electron chi connectivity index (χ2n) is 5.26. The van der Waals surface area contributed by atoms with Crippen molar-refractivity contribution in [2.24, 2.45) is 5.92 Å². The van der Waals surface area contributed by atoms with Crippen molar-refractivity contribution in [2.75, 3.05) is 33.8 Å². The average Bonchev–Trinajstić information content (AvgIpc) is 2.47. The highest BCUT2D eigenvalue weighted by Gasteiger charge is 2.30. The lowest BCUT2D eigenvalue weighted by molar-refractivity contribution is -0.147. The number of carbonyl (C=O) groups excluding carboxylic acids is 1. The maximum atomic E-state index is 11.6. The van der Waals surface area contributed by atoms with Gasteiger partial charge in [-0.1, -0.05) is 6.92 Å². The lowest BCUT2D eigenvalue weighted by Gasteiger charge is -2.35. The van der Waals surface area contributed by atoms with Crippen LogP contribution in [0.5, 0.6) is 0 Å². The van der Waals surface area contributed by atoms with Crippen LogP contribution in [0.4, 0.5) is 0 Å². The average molecular weight is 242 g/mol. The molecule has 4 heteroatoms. The molecule has 0 aromatic rings. The summed E-state index contributed by atoms with van der Waals surface area (Å²) in [5, 5.41) is 0. The molecule has 3 unspecified atom stereocenters. The molecule has 1 heterocycles. The van der Waals surface area contributed by atoms with Crippen molar-refractivity contribution in [2.45, 2.75) is 39.3 Å². The van der Waals surface area contributed by atoms with Crippen LogP contribution >= 0.6 is 0 Å². The zero-order chi connectivity index (χ0) is 13.0. The molecule has 17 heavy (non-hydrogen) atoms. The molecule has 0 aromatic carbocycles. The number of likely N-dealkylation sites (N-methyl/N-ethyl adjacent to an activating group) is 1. The minimum Gasteiger partial charge on any atom is -0.469 e. The number of esters is 1. The van der Waals surface area contributed by atoms with E-state index in [-0.39, 0.29) is 17.9 Å². The Kier molecular flexibility index (Phi) is 5.40. The highest BCUT2D eigenvalue weighted by atomic mass is 16.5. The molecule has 0 saturated carbocycles. The van der Waals surface area contributed by atoms with Gasteiger partial charge in [0.05, 0.1) is 13.0 Å². The van der Waals surface area contributed by atoms with Gasteiger partial charge >= 0.3 is 5.97 Å². The standard InChI is InChI=1S/C13H26N2O2/c1-10-9-14(4)7-6-8-15(10)12(3)11(2)13(16)17-5/h10-12H,6-9H2,1-5H3. The Labute approximate surface area is 105 Å². The first-order valence-electron chi connectivity index (χ1n) is 6.49. The quantitative estimate of drug-likeness (QED) is 0.697. The zero-order valence-electron chi connectivity index (χ0n) is 11.8. The SMILES string of the molecule is COC(=O)C(C)C(C)N1CCCN(C)CC1C. The lowest BCUT2D eigenvalue weighted by Crippen LogP contribution is -2.47. The van der Waals surface area contributed by atoms with Crippen molar-refractivity contribution in [1.82, 2.24) is 9.80 Å². The summed E-state index contributed by atoms with van der Waals surface area (Å²) >= 11 is 0. The van der Waals surface area contributed by atoms with Gasteiger partial charge in [0.2, 0.25) is 0 Å². The van der Waals surface area contributed by atoms with Crippen LogP contribution in [0.3, 0.4) is 0 Å². The Morgan fingerprint density at radius 3 is 2.59 bits per heavy atom. The summed E-state index contributed by atoms with van der Waals surface area (Å²) in [4.78, 5) is 16.4. The van der Waals surface area contributed by atoms with Gasteiger partial charge in [0.25, 0.3) is 0 Å². The third-order valence-electron chi connectivity index (χ3n) is 3.92. The summed E-state index contributed by atoms with van der Waals surface area (Å²) in [5.41, 5.74) is 0. The minimum atomic E-state index is -0.109. The predicted molar refractivity (Wildman–Crippen MR) is 68.9 cm³/mol. The highest BCUT2D eigenvalue weighted by Crippen LogP contribution is 2.18. The van der Waals surface area contributed by atoms with Crippen LogP contribution in [0.1, 0.15) is 27.2 Å². The number of nitrogens with zero attached hydrogens (tertiary/aromatic N) is 2. The van der Waals surface area contributed by atoms with E-state index in [2.05, 4.69) is 30.7 Å². The molecule has 100 valence electrons. The molecule has 0 amide bonds. The molecule has 3 atom stereocenters. The molecule has 4 nitrogen and oxygen atoms in total. The molecular formula is C13H26N2O2. The fraction of sp³-hybridized carbons (Fsp3) is 0.923. The Morgan fingerprint density at radius 2 is 2.00 bits per heavy atom. The van der Waals surface area contributed by atoms with Gasteiger partial charge in [0.1, 0.15) is 0 Å². The van der Waals surface area contributed by atoms with Gasteiger partial charge in [-0.3, -0.25) is 9.69 Å². The number of methoxy groups -OCH3 is 1. The van der Waals surface area contributed by atoms with Crippen LogP contribution < -0.4 is 0 Å². The van der Waals surface area contributed by atoms with E-state index in [1.54, 1.807) is 0 Å². The predicted octanol–water partition coefficient (Wildman–Crippen LogP) is 1.21. The van der Waals surface area contributed by atoms with Crippen LogP contribution in [-0.2, 0) is 9.53 Å². The third kappa shape index (κ3) is 3.68. The van der Waals surface area contributed by atoms with Crippen LogP contribution in [-0.4, -0.2) is 61.6 Å². The van der Waals surface area contributed by atoms with Crippen molar-refractivity contribution in [3.8, 4) is 0 Å². The van der Waals surface area contributed by atoms with E-state index in [1.807, 2.05) is 6.92 Å². The summed E-state index contributed by atoms with van der Waals surface area (Å²) in [5.74, 6) is -0.173. The van der Waals surface area contributed by atoms with Gasteiger partial charge in [-0.25, -0.2) is 0 Å². The molecule has 0 radical (unpaired) electrons.